The molecule has 0 unspecified atom stereocenters. The number of carbonyl (C=O) groups is 2. The molecule has 74 heavy (non-hydrogen) atoms. The van der Waals surface area contributed by atoms with E-state index in [4.69, 9.17) is 71.7 Å². The largest absolute Gasteiger partial charge is 1.00 e. The number of nitrogens with one attached hydrogen (secondary N) is 1. The van der Waals surface area contributed by atoms with Crippen molar-refractivity contribution >= 4 is 67.5 Å². The van der Waals surface area contributed by atoms with Crippen LogP contribution in [-0.4, -0.2) is 107 Å². The van der Waals surface area contributed by atoms with Crippen molar-refractivity contribution in [3.8, 4) is 0 Å². The molecule has 0 aliphatic carbocycles. The quantitative estimate of drug-likeness (QED) is 0.0354. The molecule has 1 amide bonds. The van der Waals surface area contributed by atoms with Gasteiger partial charge in [-0.15, -0.1) is 36.9 Å². The fourth-order valence-electron chi connectivity index (χ4n) is 7.75. The number of fused-ring (bicyclic) bond motifs is 2. The van der Waals surface area contributed by atoms with Gasteiger partial charge in [-0.3, -0.25) is 9.59 Å². The zero-order valence-electron chi connectivity index (χ0n) is 44.3. The number of hydrogen-bond donors (Lipinski definition) is 3. The standard InChI is InChI=1S/C50H67ClN5O4.C2H4O2.2Na.2O3S/c1-7-9-28-55-37-41(51)36-43-48(55)54-45(49(43,3)4)22-20-39(21-23-46-50(5,6)42-17-10-11-18-44(42)56(46)27-8-2)40-16-12-15-38(35-40)19-24-47(57)53-26-14-30-59-32-34-60-33-31-58-29-13-25-52;1-2(3)4;;;2*1-4(2)3/h11-12,15-18,20-23,35-37H,2,7-9,13-14,19,24-34,52H2,1,3-6H3,(H,53,57);1H3,(H,3,4);;;;/q-1;;2*+1;;. The van der Waals surface area contributed by atoms with Gasteiger partial charge in [0.15, 0.2) is 5.71 Å². The number of nitrogens with zero attached hydrogens (tertiary/aromatic N) is 3. The van der Waals surface area contributed by atoms with Gasteiger partial charge in [0.1, 0.15) is 6.20 Å². The molecule has 0 bridgehead atoms. The van der Waals surface area contributed by atoms with Crippen LogP contribution in [0.5, 0.6) is 0 Å². The minimum absolute atomic E-state index is 0. The summed E-state index contributed by atoms with van der Waals surface area (Å²) in [4.78, 5) is 29.5. The second-order valence-corrected chi connectivity index (χ2v) is 18.7. The number of carboxylic acids is 1. The Labute approximate surface area is 490 Å². The van der Waals surface area contributed by atoms with Crippen LogP contribution in [0.25, 0.3) is 5.57 Å². The molecule has 0 saturated carbocycles. The normalized spacial score (nSPS) is 14.1. The summed E-state index contributed by atoms with van der Waals surface area (Å²) in [5.74, 6) is 0.173. The molecule has 2 aromatic carbocycles. The van der Waals surface area contributed by atoms with Crippen LogP contribution >= 0.6 is 11.6 Å². The molecule has 17 nitrogen and oxygen atoms in total. The summed E-state index contributed by atoms with van der Waals surface area (Å²) in [5.41, 5.74) is 14.0. The Balaban J connectivity index is 0.00000343. The van der Waals surface area contributed by atoms with E-state index in [9.17, 15) is 4.79 Å². The van der Waals surface area contributed by atoms with Crippen molar-refractivity contribution in [3.05, 3.63) is 125 Å². The Kier molecular flexibility index (Phi) is 36.4. The predicted octanol–water partition coefficient (Wildman–Crippen LogP) is 1.07. The summed E-state index contributed by atoms with van der Waals surface area (Å²) in [7, 11) is -6.22. The molecule has 0 radical (unpaired) electrons. The first-order valence-corrected chi connectivity index (χ1v) is 26.1. The van der Waals surface area contributed by atoms with Gasteiger partial charge in [0, 0.05) is 38.8 Å². The zero-order chi connectivity index (χ0) is 53.7. The number of amides is 1. The summed E-state index contributed by atoms with van der Waals surface area (Å²) >= 11 is 6.66. The van der Waals surface area contributed by atoms with E-state index in [1.54, 1.807) is 0 Å². The maximum atomic E-state index is 12.9. The number of allylic oxidation sites excluding steroid dienone is 6. The average Bonchev–Trinajstić information content (AvgIpc) is 3.69. The van der Waals surface area contributed by atoms with Gasteiger partial charge in [0.05, 0.1) is 49.0 Å². The van der Waals surface area contributed by atoms with Gasteiger partial charge < -0.3 is 42.2 Å². The second kappa shape index (κ2) is 38.2. The second-order valence-electron chi connectivity index (χ2n) is 17.5. The molecule has 2 aliphatic heterocycles. The molecule has 0 spiro atoms. The van der Waals surface area contributed by atoms with Gasteiger partial charge in [0.2, 0.25) is 5.91 Å². The number of hydrogen-bond acceptors (Lipinski definition) is 14. The maximum Gasteiger partial charge on any atom is 1.00 e. The molecule has 5 rings (SSSR count). The maximum absolute atomic E-state index is 12.9. The Morgan fingerprint density at radius 3 is 2.12 bits per heavy atom. The van der Waals surface area contributed by atoms with E-state index in [2.05, 4.69) is 129 Å². The molecule has 396 valence electrons. The smallest absolute Gasteiger partial charge is 0.481 e. The molecule has 1 aromatic heterocycles. The van der Waals surface area contributed by atoms with Gasteiger partial charge >= 0.3 is 86.1 Å². The first-order valence-electron chi connectivity index (χ1n) is 23.7. The molecule has 0 atom stereocenters. The average molecular weight is 1100 g/mol. The number of unbranched alkanes of at least 4 members (excludes halogenated alkanes) is 1. The molecular formula is C52H71ClN5Na2O12S2+. The van der Waals surface area contributed by atoms with Crippen LogP contribution in [-0.2, 0) is 68.8 Å². The number of aliphatic imine (C=N–C) groups is 1. The van der Waals surface area contributed by atoms with E-state index in [0.29, 0.717) is 65.6 Å². The first-order chi connectivity index (χ1) is 34.2. The number of carbonyl (C=O) groups excluding carboxylic acids is 1. The van der Waals surface area contributed by atoms with Gasteiger partial charge in [-0.2, -0.15) is 24.6 Å². The summed E-state index contributed by atoms with van der Waals surface area (Å²) in [6.07, 6.45) is 16.4. The number of rotatable bonds is 25. The van der Waals surface area contributed by atoms with Crippen molar-refractivity contribution in [1.82, 2.24) is 5.32 Å². The number of ether oxygens (including phenoxy) is 3. The van der Waals surface area contributed by atoms with E-state index >= 15 is 0 Å². The monoisotopic (exact) mass is 1100 g/mol. The molecule has 22 heteroatoms. The summed E-state index contributed by atoms with van der Waals surface area (Å²) in [5, 5.41) is 11.2. The van der Waals surface area contributed by atoms with Crippen LogP contribution in [0.1, 0.15) is 102 Å². The third-order valence-corrected chi connectivity index (χ3v) is 11.5. The molecule has 2 aliphatic rings. The molecule has 4 N–H and O–H groups in total. The summed E-state index contributed by atoms with van der Waals surface area (Å²) < 4.78 is 69.5. The van der Waals surface area contributed by atoms with E-state index < -0.39 is 27.2 Å². The first kappa shape index (κ1) is 70.6. The summed E-state index contributed by atoms with van der Waals surface area (Å²) in [6.45, 7) is 22.7. The molecule has 0 fully saturated rings. The minimum Gasteiger partial charge on any atom is -0.481 e. The van der Waals surface area contributed by atoms with E-state index in [1.807, 2.05) is 12.3 Å². The number of anilines is 1. The zero-order valence-corrected chi connectivity index (χ0v) is 50.7. The van der Waals surface area contributed by atoms with Crippen molar-refractivity contribution < 1.29 is 118 Å². The Morgan fingerprint density at radius 2 is 1.53 bits per heavy atom. The van der Waals surface area contributed by atoms with Crippen LogP contribution in [0.15, 0.2) is 89.7 Å². The van der Waals surface area contributed by atoms with Gasteiger partial charge in [-0.05, 0) is 97.9 Å². The third-order valence-electron chi connectivity index (χ3n) is 11.3. The Morgan fingerprint density at radius 1 is 0.919 bits per heavy atom. The topological polar surface area (TPSA) is 242 Å². The molecule has 3 heterocycles. The SMILES string of the molecule is CC(=O)O.O=S(=O)=O.O=S(=O)=O.[CH2-]CCN1\C(=C/C=C(/C=C/C2=Nc3c(cc(Cl)c[n+]3CCCC)C2(C)C)c2cccc(CCC(=O)NCCCOCCOCCOCCCN)c2)C(C)(C)c2c[c-]ccc21.[Na+].[Na+]. The van der Waals surface area contributed by atoms with Crippen molar-refractivity contribution in [2.45, 2.75) is 104 Å². The Hall–Kier alpha value is -3.41. The number of aliphatic carboxylic acids is 1. The van der Waals surface area contributed by atoms with E-state index in [0.717, 1.165) is 90.9 Å². The number of pyridine rings is 1. The van der Waals surface area contributed by atoms with E-state index in [1.165, 1.54) is 16.9 Å². The molecule has 3 aromatic rings. The van der Waals surface area contributed by atoms with Crippen LogP contribution in [0.3, 0.4) is 0 Å². The number of aromatic nitrogens is 1. The summed E-state index contributed by atoms with van der Waals surface area (Å²) in [6, 6.07) is 20.2. The predicted molar refractivity (Wildman–Crippen MR) is 279 cm³/mol. The number of carboxylic acid groups (broad SMARTS) is 1. The molecular weight excluding hydrogens is 1030 g/mol. The van der Waals surface area contributed by atoms with Crippen molar-refractivity contribution in [2.75, 3.05) is 64.2 Å². The number of benzene rings is 2. The van der Waals surface area contributed by atoms with Crippen molar-refractivity contribution in [2.24, 2.45) is 10.7 Å². The minimum atomic E-state index is -3.11. The number of nitrogens with two attached hydrogens (primary N) is 1. The van der Waals surface area contributed by atoms with Crippen LogP contribution in [0.4, 0.5) is 11.5 Å². The fourth-order valence-corrected chi connectivity index (χ4v) is 7.98. The Bertz CT molecular complexity index is 2550. The number of aryl methyl sites for hydroxylation is 2. The van der Waals surface area contributed by atoms with Crippen LogP contribution < -0.4 is 79.6 Å². The van der Waals surface area contributed by atoms with Gasteiger partial charge in [-0.1, -0.05) is 80.9 Å². The van der Waals surface area contributed by atoms with Crippen molar-refractivity contribution in [3.63, 3.8) is 0 Å². The van der Waals surface area contributed by atoms with Gasteiger partial charge in [0.25, 0.3) is 5.97 Å². The number of halogens is 1. The van der Waals surface area contributed by atoms with Crippen LogP contribution in [0, 0.1) is 13.0 Å². The molecule has 0 saturated heterocycles. The van der Waals surface area contributed by atoms with Gasteiger partial charge in [-0.25, -0.2) is 4.57 Å². The third kappa shape index (κ3) is 25.6. The van der Waals surface area contributed by atoms with E-state index in [-0.39, 0.29) is 75.9 Å². The fraction of sp³-hybridized carbons (Fsp3) is 0.481. The van der Waals surface area contributed by atoms with Crippen LogP contribution in [0.2, 0.25) is 5.02 Å². The van der Waals surface area contributed by atoms with Crippen molar-refractivity contribution in [1.29, 1.82) is 0 Å².